The molecule has 1 aliphatic rings. The summed E-state index contributed by atoms with van der Waals surface area (Å²) < 4.78 is 0. The molecule has 3 heteroatoms. The monoisotopic (exact) mass is 202 g/mol. The predicted octanol–water partition coefficient (Wildman–Crippen LogP) is 0.830. The van der Waals surface area contributed by atoms with Crippen LogP contribution in [0, 0.1) is 0 Å². The lowest BCUT2D eigenvalue weighted by atomic mass is 9.83. The molecular weight excluding hydrogens is 188 g/mol. The number of rotatable bonds is 1. The molecule has 0 saturated carbocycles. The van der Waals surface area contributed by atoms with Gasteiger partial charge in [0, 0.05) is 5.70 Å². The molecule has 0 spiro atoms. The first-order chi connectivity index (χ1) is 7.11. The lowest BCUT2D eigenvalue weighted by Gasteiger charge is -2.32. The van der Waals surface area contributed by atoms with Gasteiger partial charge in [-0.3, -0.25) is 5.73 Å². The van der Waals surface area contributed by atoms with Gasteiger partial charge < -0.3 is 10.8 Å². The zero-order valence-electron chi connectivity index (χ0n) is 8.30. The van der Waals surface area contributed by atoms with Gasteiger partial charge in [-0.1, -0.05) is 36.4 Å². The molecule has 0 aliphatic heterocycles. The van der Waals surface area contributed by atoms with Crippen molar-refractivity contribution in [3.63, 3.8) is 0 Å². The molecule has 1 aromatic rings. The minimum atomic E-state index is -1.40. The van der Waals surface area contributed by atoms with E-state index in [1.54, 1.807) is 18.2 Å². The van der Waals surface area contributed by atoms with E-state index in [9.17, 15) is 5.11 Å². The van der Waals surface area contributed by atoms with Gasteiger partial charge in [0.05, 0.1) is 5.92 Å². The van der Waals surface area contributed by atoms with Crippen LogP contribution in [0.25, 0.3) is 0 Å². The molecule has 0 bridgehead atoms. The maximum Gasteiger partial charge on any atom is 0.145 e. The highest BCUT2D eigenvalue weighted by molar-refractivity contribution is 5.38. The van der Waals surface area contributed by atoms with Crippen LogP contribution in [-0.4, -0.2) is 10.8 Å². The van der Waals surface area contributed by atoms with Crippen molar-refractivity contribution in [3.05, 3.63) is 59.8 Å². The summed E-state index contributed by atoms with van der Waals surface area (Å²) in [4.78, 5) is 0. The molecule has 0 radical (unpaired) electrons. The fourth-order valence-corrected chi connectivity index (χ4v) is 1.88. The molecule has 0 heterocycles. The summed E-state index contributed by atoms with van der Waals surface area (Å²) >= 11 is 0. The number of aliphatic hydroxyl groups is 1. The van der Waals surface area contributed by atoms with Gasteiger partial charge in [0.1, 0.15) is 5.72 Å². The van der Waals surface area contributed by atoms with E-state index in [1.807, 2.05) is 30.3 Å². The zero-order valence-corrected chi connectivity index (χ0v) is 8.30. The average Bonchev–Trinajstić information content (AvgIpc) is 2.17. The third kappa shape index (κ3) is 1.79. The van der Waals surface area contributed by atoms with Gasteiger partial charge in [0.25, 0.3) is 0 Å². The Morgan fingerprint density at radius 1 is 1.20 bits per heavy atom. The number of nitrogens with two attached hydrogens (primary N) is 2. The summed E-state index contributed by atoms with van der Waals surface area (Å²) in [6.45, 7) is 0. The number of hydrogen-bond acceptors (Lipinski definition) is 3. The first kappa shape index (κ1) is 9.96. The van der Waals surface area contributed by atoms with E-state index >= 15 is 0 Å². The minimum absolute atomic E-state index is 0.372. The molecule has 0 saturated heterocycles. The molecule has 3 nitrogen and oxygen atoms in total. The molecule has 1 aromatic carbocycles. The van der Waals surface area contributed by atoms with E-state index in [0.717, 1.165) is 5.56 Å². The standard InChI is InChI=1S/C12H14N2O/c13-10-7-4-8-12(14,15)11(10)9-5-2-1-3-6-9/h1-8,11,15H,13-14H2. The van der Waals surface area contributed by atoms with Crippen molar-refractivity contribution in [2.75, 3.05) is 0 Å². The van der Waals surface area contributed by atoms with Crippen molar-refractivity contribution in [1.82, 2.24) is 0 Å². The highest BCUT2D eigenvalue weighted by Gasteiger charge is 2.34. The van der Waals surface area contributed by atoms with Crippen LogP contribution in [0.5, 0.6) is 0 Å². The Labute approximate surface area is 88.7 Å². The van der Waals surface area contributed by atoms with Crippen LogP contribution in [0.2, 0.25) is 0 Å². The second kappa shape index (κ2) is 3.53. The van der Waals surface area contributed by atoms with E-state index < -0.39 is 5.72 Å². The first-order valence-corrected chi connectivity index (χ1v) is 4.82. The van der Waals surface area contributed by atoms with Crippen molar-refractivity contribution in [1.29, 1.82) is 0 Å². The maximum absolute atomic E-state index is 10.0. The van der Waals surface area contributed by atoms with Crippen LogP contribution >= 0.6 is 0 Å². The summed E-state index contributed by atoms with van der Waals surface area (Å²) in [5.41, 5.74) is 11.7. The van der Waals surface area contributed by atoms with Crippen LogP contribution < -0.4 is 11.5 Å². The summed E-state index contributed by atoms with van der Waals surface area (Å²) in [6.07, 6.45) is 4.99. The highest BCUT2D eigenvalue weighted by atomic mass is 16.3. The van der Waals surface area contributed by atoms with E-state index in [4.69, 9.17) is 11.5 Å². The Bertz CT molecular complexity index is 407. The molecule has 0 fully saturated rings. The Morgan fingerprint density at radius 3 is 2.47 bits per heavy atom. The van der Waals surface area contributed by atoms with Crippen LogP contribution in [0.4, 0.5) is 0 Å². The highest BCUT2D eigenvalue weighted by Crippen LogP contribution is 2.32. The van der Waals surface area contributed by atoms with Gasteiger partial charge in [0.2, 0.25) is 0 Å². The second-order valence-corrected chi connectivity index (χ2v) is 3.76. The third-order valence-corrected chi connectivity index (χ3v) is 2.58. The molecule has 2 atom stereocenters. The Kier molecular flexibility index (Phi) is 2.34. The smallest absolute Gasteiger partial charge is 0.145 e. The third-order valence-electron chi connectivity index (χ3n) is 2.58. The van der Waals surface area contributed by atoms with Gasteiger partial charge in [-0.15, -0.1) is 0 Å². The lowest BCUT2D eigenvalue weighted by Crippen LogP contribution is -2.46. The summed E-state index contributed by atoms with van der Waals surface area (Å²) in [5, 5.41) is 10.0. The first-order valence-electron chi connectivity index (χ1n) is 4.82. The van der Waals surface area contributed by atoms with Crippen LogP contribution in [0.1, 0.15) is 11.5 Å². The molecule has 2 unspecified atom stereocenters. The number of benzene rings is 1. The van der Waals surface area contributed by atoms with Crippen molar-refractivity contribution in [2.45, 2.75) is 11.6 Å². The molecule has 15 heavy (non-hydrogen) atoms. The van der Waals surface area contributed by atoms with E-state index in [2.05, 4.69) is 0 Å². The normalized spacial score (nSPS) is 30.0. The quantitative estimate of drug-likeness (QED) is 0.591. The molecule has 0 amide bonds. The summed E-state index contributed by atoms with van der Waals surface area (Å²) in [5.74, 6) is -0.372. The van der Waals surface area contributed by atoms with Gasteiger partial charge in [0.15, 0.2) is 0 Å². The van der Waals surface area contributed by atoms with Gasteiger partial charge in [-0.25, -0.2) is 0 Å². The van der Waals surface area contributed by atoms with Crippen LogP contribution in [0.15, 0.2) is 54.3 Å². The topological polar surface area (TPSA) is 72.3 Å². The molecular formula is C12H14N2O. The molecule has 2 rings (SSSR count). The van der Waals surface area contributed by atoms with E-state index in [0.29, 0.717) is 5.70 Å². The maximum atomic E-state index is 10.0. The molecule has 0 aromatic heterocycles. The fraction of sp³-hybridized carbons (Fsp3) is 0.167. The fourth-order valence-electron chi connectivity index (χ4n) is 1.88. The average molecular weight is 202 g/mol. The minimum Gasteiger partial charge on any atom is -0.401 e. The lowest BCUT2D eigenvalue weighted by molar-refractivity contribution is 0.0771. The predicted molar refractivity (Wildman–Crippen MR) is 59.7 cm³/mol. The van der Waals surface area contributed by atoms with Crippen LogP contribution in [-0.2, 0) is 0 Å². The molecule has 1 aliphatic carbocycles. The van der Waals surface area contributed by atoms with Gasteiger partial charge in [-0.2, -0.15) is 0 Å². The molecule has 78 valence electrons. The Balaban J connectivity index is 2.44. The zero-order chi connectivity index (χ0) is 10.9. The van der Waals surface area contributed by atoms with Crippen molar-refractivity contribution < 1.29 is 5.11 Å². The number of allylic oxidation sites excluding steroid dienone is 2. The van der Waals surface area contributed by atoms with Crippen molar-refractivity contribution >= 4 is 0 Å². The van der Waals surface area contributed by atoms with Crippen LogP contribution in [0.3, 0.4) is 0 Å². The van der Waals surface area contributed by atoms with Gasteiger partial charge in [-0.05, 0) is 17.7 Å². The summed E-state index contributed by atoms with van der Waals surface area (Å²) in [6, 6.07) is 9.52. The van der Waals surface area contributed by atoms with Crippen molar-refractivity contribution in [3.8, 4) is 0 Å². The van der Waals surface area contributed by atoms with Crippen molar-refractivity contribution in [2.24, 2.45) is 11.5 Å². The Hall–Kier alpha value is -1.58. The SMILES string of the molecule is NC1=CC=CC(N)(O)C1c1ccccc1. The van der Waals surface area contributed by atoms with E-state index in [1.165, 1.54) is 0 Å². The van der Waals surface area contributed by atoms with E-state index in [-0.39, 0.29) is 5.92 Å². The second-order valence-electron chi connectivity index (χ2n) is 3.76. The summed E-state index contributed by atoms with van der Waals surface area (Å²) in [7, 11) is 0. The largest absolute Gasteiger partial charge is 0.401 e. The molecule has 5 N–H and O–H groups in total. The Morgan fingerprint density at radius 2 is 1.87 bits per heavy atom. The van der Waals surface area contributed by atoms with Gasteiger partial charge >= 0.3 is 0 Å². The number of hydrogen-bond donors (Lipinski definition) is 3.